The molecule has 2 unspecified atom stereocenters. The van der Waals surface area contributed by atoms with Crippen LogP contribution in [0.25, 0.3) is 0 Å². The largest absolute Gasteiger partial charge is 0.396 e. The normalized spacial score (nSPS) is 24.2. The highest BCUT2D eigenvalue weighted by Gasteiger charge is 2.20. The third-order valence-corrected chi connectivity index (χ3v) is 4.28. The Morgan fingerprint density at radius 2 is 2.18 bits per heavy atom. The van der Waals surface area contributed by atoms with Gasteiger partial charge in [0.15, 0.2) is 0 Å². The average Bonchev–Trinajstić information content (AvgIpc) is 2.28. The molecule has 1 saturated heterocycles. The number of aliphatic hydroxyl groups excluding tert-OH is 1. The van der Waals surface area contributed by atoms with Gasteiger partial charge in [-0.15, -0.1) is 0 Å². The molecule has 1 aliphatic rings. The van der Waals surface area contributed by atoms with Crippen molar-refractivity contribution >= 4 is 11.8 Å². The molecule has 1 N–H and O–H groups in total. The van der Waals surface area contributed by atoms with Gasteiger partial charge in [-0.3, -0.25) is 4.90 Å². The minimum absolute atomic E-state index is 0.290. The molecule has 0 aromatic heterocycles. The topological polar surface area (TPSA) is 32.7 Å². The molecule has 0 amide bonds. The molecule has 1 fully saturated rings. The number of hydrogen-bond acceptors (Lipinski definition) is 4. The Bertz CT molecular complexity index is 202. The molecule has 102 valence electrons. The number of ether oxygens (including phenoxy) is 1. The lowest BCUT2D eigenvalue weighted by Crippen LogP contribution is -2.44. The lowest BCUT2D eigenvalue weighted by Gasteiger charge is -2.33. The first kappa shape index (κ1) is 15.3. The molecule has 0 saturated carbocycles. The summed E-state index contributed by atoms with van der Waals surface area (Å²) < 4.78 is 5.78. The molecule has 0 aliphatic carbocycles. The lowest BCUT2D eigenvalue weighted by atomic mass is 10.2. The van der Waals surface area contributed by atoms with Crippen molar-refractivity contribution in [1.29, 1.82) is 0 Å². The number of aliphatic hydroxyl groups is 1. The summed E-state index contributed by atoms with van der Waals surface area (Å²) in [5.74, 6) is 3.21. The average molecular weight is 261 g/mol. The predicted molar refractivity (Wildman–Crippen MR) is 74.6 cm³/mol. The first-order valence-electron chi connectivity index (χ1n) is 6.64. The van der Waals surface area contributed by atoms with Crippen LogP contribution in [0.4, 0.5) is 0 Å². The zero-order chi connectivity index (χ0) is 12.7. The van der Waals surface area contributed by atoms with E-state index >= 15 is 0 Å². The fourth-order valence-corrected chi connectivity index (χ4v) is 3.13. The van der Waals surface area contributed by atoms with E-state index in [1.54, 1.807) is 0 Å². The van der Waals surface area contributed by atoms with Crippen LogP contribution in [0.2, 0.25) is 0 Å². The minimum Gasteiger partial charge on any atom is -0.396 e. The van der Waals surface area contributed by atoms with Crippen molar-refractivity contribution in [3.63, 3.8) is 0 Å². The molecule has 17 heavy (non-hydrogen) atoms. The van der Waals surface area contributed by atoms with E-state index in [9.17, 15) is 0 Å². The summed E-state index contributed by atoms with van der Waals surface area (Å²) in [4.78, 5) is 2.51. The summed E-state index contributed by atoms with van der Waals surface area (Å²) in [6.07, 6.45) is 0.374. The Kier molecular flexibility index (Phi) is 7.51. The van der Waals surface area contributed by atoms with E-state index in [4.69, 9.17) is 9.84 Å². The Hall–Kier alpha value is 0.230. The second-order valence-corrected chi connectivity index (χ2v) is 6.55. The standard InChI is InChI=1S/C13H27NO2S/c1-11(2)6-14-4-5-16-13(7-14)10-17-9-12(3)8-15/h11-13,15H,4-10H2,1-3H3. The van der Waals surface area contributed by atoms with E-state index in [1.807, 2.05) is 11.8 Å². The van der Waals surface area contributed by atoms with Gasteiger partial charge in [0.05, 0.1) is 12.7 Å². The van der Waals surface area contributed by atoms with Crippen molar-refractivity contribution < 1.29 is 9.84 Å². The fourth-order valence-electron chi connectivity index (χ4n) is 2.02. The van der Waals surface area contributed by atoms with Crippen LogP contribution in [0.5, 0.6) is 0 Å². The third kappa shape index (κ3) is 6.65. The number of morpholine rings is 1. The van der Waals surface area contributed by atoms with Crippen LogP contribution in [-0.2, 0) is 4.74 Å². The molecule has 3 nitrogen and oxygen atoms in total. The maximum atomic E-state index is 8.96. The van der Waals surface area contributed by atoms with Crippen LogP contribution < -0.4 is 0 Å². The van der Waals surface area contributed by atoms with Gasteiger partial charge in [-0.1, -0.05) is 20.8 Å². The summed E-state index contributed by atoms with van der Waals surface area (Å²) in [5.41, 5.74) is 0. The van der Waals surface area contributed by atoms with Gasteiger partial charge < -0.3 is 9.84 Å². The van der Waals surface area contributed by atoms with Gasteiger partial charge in [0.2, 0.25) is 0 Å². The van der Waals surface area contributed by atoms with Gasteiger partial charge in [-0.05, 0) is 17.6 Å². The van der Waals surface area contributed by atoms with Crippen molar-refractivity contribution in [2.45, 2.75) is 26.9 Å². The number of nitrogens with zero attached hydrogens (tertiary/aromatic N) is 1. The molecular weight excluding hydrogens is 234 g/mol. The third-order valence-electron chi connectivity index (χ3n) is 2.86. The van der Waals surface area contributed by atoms with Crippen LogP contribution >= 0.6 is 11.8 Å². The van der Waals surface area contributed by atoms with Crippen molar-refractivity contribution in [2.75, 3.05) is 44.4 Å². The molecule has 0 aromatic carbocycles. The number of thioether (sulfide) groups is 1. The van der Waals surface area contributed by atoms with Crippen molar-refractivity contribution in [3.05, 3.63) is 0 Å². The van der Waals surface area contributed by atoms with E-state index in [-0.39, 0.29) is 6.61 Å². The monoisotopic (exact) mass is 261 g/mol. The minimum atomic E-state index is 0.290. The number of rotatable bonds is 7. The Labute approximate surface area is 110 Å². The van der Waals surface area contributed by atoms with Gasteiger partial charge >= 0.3 is 0 Å². The van der Waals surface area contributed by atoms with E-state index in [0.29, 0.717) is 12.0 Å². The first-order chi connectivity index (χ1) is 8.11. The molecule has 1 heterocycles. The zero-order valence-corrected chi connectivity index (χ0v) is 12.2. The Balaban J connectivity index is 2.16. The van der Waals surface area contributed by atoms with E-state index in [0.717, 1.165) is 37.1 Å². The molecule has 0 aromatic rings. The second-order valence-electron chi connectivity index (χ2n) is 5.47. The molecule has 4 heteroatoms. The lowest BCUT2D eigenvalue weighted by molar-refractivity contribution is -0.0191. The highest BCUT2D eigenvalue weighted by molar-refractivity contribution is 7.99. The Morgan fingerprint density at radius 1 is 1.41 bits per heavy atom. The smallest absolute Gasteiger partial charge is 0.0792 e. The quantitative estimate of drug-likeness (QED) is 0.756. The fraction of sp³-hybridized carbons (Fsp3) is 1.00. The summed E-state index contributed by atoms with van der Waals surface area (Å²) in [6, 6.07) is 0. The highest BCUT2D eigenvalue weighted by Crippen LogP contribution is 2.15. The molecule has 0 bridgehead atoms. The summed E-state index contributed by atoms with van der Waals surface area (Å²) in [6.45, 7) is 11.1. The van der Waals surface area contributed by atoms with E-state index in [1.165, 1.54) is 6.54 Å². The van der Waals surface area contributed by atoms with Crippen molar-refractivity contribution in [1.82, 2.24) is 4.90 Å². The maximum Gasteiger partial charge on any atom is 0.0792 e. The van der Waals surface area contributed by atoms with Gasteiger partial charge in [0.25, 0.3) is 0 Å². The van der Waals surface area contributed by atoms with Crippen LogP contribution in [-0.4, -0.2) is 60.5 Å². The molecule has 2 atom stereocenters. The Morgan fingerprint density at radius 3 is 2.82 bits per heavy atom. The first-order valence-corrected chi connectivity index (χ1v) is 7.79. The summed E-state index contributed by atoms with van der Waals surface area (Å²) >= 11 is 1.90. The van der Waals surface area contributed by atoms with Gasteiger partial charge in [0.1, 0.15) is 0 Å². The zero-order valence-electron chi connectivity index (χ0n) is 11.4. The van der Waals surface area contributed by atoms with Crippen molar-refractivity contribution in [3.8, 4) is 0 Å². The molecule has 1 aliphatic heterocycles. The van der Waals surface area contributed by atoms with Crippen molar-refractivity contribution in [2.24, 2.45) is 11.8 Å². The van der Waals surface area contributed by atoms with Crippen LogP contribution in [0.15, 0.2) is 0 Å². The highest BCUT2D eigenvalue weighted by atomic mass is 32.2. The molecule has 1 rings (SSSR count). The van der Waals surface area contributed by atoms with Crippen LogP contribution in [0, 0.1) is 11.8 Å². The SMILES string of the molecule is CC(C)CN1CCOC(CSCC(C)CO)C1. The molecule has 0 spiro atoms. The van der Waals surface area contributed by atoms with Crippen LogP contribution in [0.3, 0.4) is 0 Å². The maximum absolute atomic E-state index is 8.96. The van der Waals surface area contributed by atoms with E-state index in [2.05, 4.69) is 25.7 Å². The molecule has 0 radical (unpaired) electrons. The van der Waals surface area contributed by atoms with Gasteiger partial charge in [-0.2, -0.15) is 11.8 Å². The van der Waals surface area contributed by atoms with Gasteiger partial charge in [-0.25, -0.2) is 0 Å². The second kappa shape index (κ2) is 8.35. The summed E-state index contributed by atoms with van der Waals surface area (Å²) in [7, 11) is 0. The van der Waals surface area contributed by atoms with Gasteiger partial charge in [0, 0.05) is 32.0 Å². The molecular formula is C13H27NO2S. The number of hydrogen-bond donors (Lipinski definition) is 1. The predicted octanol–water partition coefficient (Wildman–Crippen LogP) is 1.70. The van der Waals surface area contributed by atoms with Crippen LogP contribution in [0.1, 0.15) is 20.8 Å². The summed E-state index contributed by atoms with van der Waals surface area (Å²) in [5, 5.41) is 8.96. The van der Waals surface area contributed by atoms with E-state index < -0.39 is 0 Å².